The van der Waals surface area contributed by atoms with Gasteiger partial charge in [0.2, 0.25) is 0 Å². The Morgan fingerprint density at radius 2 is 2.00 bits per heavy atom. The molecule has 1 aliphatic heterocycles. The molecule has 1 heterocycles. The van der Waals surface area contributed by atoms with Gasteiger partial charge in [0.05, 0.1) is 19.3 Å². The van der Waals surface area contributed by atoms with Crippen molar-refractivity contribution in [3.8, 4) is 5.75 Å². The molecular weight excluding hydrogens is 336 g/mol. The van der Waals surface area contributed by atoms with E-state index in [0.717, 1.165) is 12.8 Å². The van der Waals surface area contributed by atoms with E-state index in [1.165, 1.54) is 7.11 Å². The maximum Gasteiger partial charge on any atom is 0.319 e. The zero-order chi connectivity index (χ0) is 18.9. The predicted octanol–water partition coefficient (Wildman–Crippen LogP) is 2.54. The highest BCUT2D eigenvalue weighted by atomic mass is 16.6. The zero-order valence-corrected chi connectivity index (χ0v) is 15.2. The van der Waals surface area contributed by atoms with Gasteiger partial charge in [0.1, 0.15) is 18.3 Å². The summed E-state index contributed by atoms with van der Waals surface area (Å²) < 4.78 is 16.0. The number of hydrogen-bond acceptors (Lipinski definition) is 5. The fourth-order valence-corrected chi connectivity index (χ4v) is 2.73. The Morgan fingerprint density at radius 3 is 2.73 bits per heavy atom. The smallest absolute Gasteiger partial charge is 0.319 e. The average Bonchev–Trinajstić information content (AvgIpc) is 2.62. The first-order valence-electron chi connectivity index (χ1n) is 8.72. The third-order valence-corrected chi connectivity index (χ3v) is 4.06. The highest BCUT2D eigenvalue weighted by Gasteiger charge is 2.40. The molecule has 0 bridgehead atoms. The second kappa shape index (κ2) is 9.82. The molecule has 1 aromatic carbocycles. The van der Waals surface area contributed by atoms with Gasteiger partial charge in [0, 0.05) is 18.4 Å². The van der Waals surface area contributed by atoms with Crippen LogP contribution < -0.4 is 15.4 Å². The van der Waals surface area contributed by atoms with Gasteiger partial charge in [0.25, 0.3) is 0 Å². The maximum atomic E-state index is 12.6. The second-order valence-corrected chi connectivity index (χ2v) is 5.98. The summed E-state index contributed by atoms with van der Waals surface area (Å²) >= 11 is 0. The van der Waals surface area contributed by atoms with E-state index >= 15 is 0 Å². The zero-order valence-electron chi connectivity index (χ0n) is 15.2. The Balaban J connectivity index is 2.26. The number of carbonyl (C=O) groups excluding carboxylic acids is 2. The molecule has 1 saturated heterocycles. The molecule has 0 saturated carbocycles. The van der Waals surface area contributed by atoms with Crippen molar-refractivity contribution in [2.24, 2.45) is 5.92 Å². The van der Waals surface area contributed by atoms with Crippen molar-refractivity contribution in [1.29, 1.82) is 0 Å². The molecule has 1 aromatic rings. The Labute approximate surface area is 153 Å². The Bertz CT molecular complexity index is 647. The third kappa shape index (κ3) is 4.98. The van der Waals surface area contributed by atoms with Gasteiger partial charge in [-0.1, -0.05) is 38.1 Å². The molecular formula is C19H26N2O5. The van der Waals surface area contributed by atoms with Crippen LogP contribution in [0.25, 0.3) is 0 Å². The van der Waals surface area contributed by atoms with E-state index in [0.29, 0.717) is 30.2 Å². The summed E-state index contributed by atoms with van der Waals surface area (Å²) in [6.07, 6.45) is 1.93. The summed E-state index contributed by atoms with van der Waals surface area (Å²) in [4.78, 5) is 24.5. The van der Waals surface area contributed by atoms with Crippen molar-refractivity contribution >= 4 is 12.0 Å². The fraction of sp³-hybridized carbons (Fsp3) is 0.474. The molecule has 2 N–H and O–H groups in total. The molecule has 142 valence electrons. The van der Waals surface area contributed by atoms with Crippen molar-refractivity contribution in [2.75, 3.05) is 26.9 Å². The van der Waals surface area contributed by atoms with Crippen molar-refractivity contribution < 1.29 is 23.8 Å². The van der Waals surface area contributed by atoms with E-state index in [9.17, 15) is 9.59 Å². The van der Waals surface area contributed by atoms with Gasteiger partial charge >= 0.3 is 12.0 Å². The largest absolute Gasteiger partial charge is 0.493 e. The number of unbranched alkanes of at least 4 members (excludes halogenated alkanes) is 1. The Morgan fingerprint density at radius 1 is 1.23 bits per heavy atom. The minimum atomic E-state index is -0.763. The molecule has 26 heavy (non-hydrogen) atoms. The average molecular weight is 362 g/mol. The number of methoxy groups -OCH3 is 1. The quantitative estimate of drug-likeness (QED) is 0.521. The van der Waals surface area contributed by atoms with Crippen LogP contribution in [0.5, 0.6) is 5.75 Å². The maximum absolute atomic E-state index is 12.6. The number of ether oxygens (including phenoxy) is 3. The molecule has 0 aliphatic carbocycles. The van der Waals surface area contributed by atoms with Gasteiger partial charge in [-0.15, -0.1) is 0 Å². The number of esters is 1. The van der Waals surface area contributed by atoms with Crippen LogP contribution in [0.1, 0.15) is 31.4 Å². The van der Waals surface area contributed by atoms with E-state index in [1.54, 1.807) is 0 Å². The number of rotatable bonds is 9. The summed E-state index contributed by atoms with van der Waals surface area (Å²) in [6, 6.07) is 6.32. The molecule has 2 atom stereocenters. The lowest BCUT2D eigenvalue weighted by Crippen LogP contribution is -2.51. The van der Waals surface area contributed by atoms with Crippen molar-refractivity contribution in [1.82, 2.24) is 10.6 Å². The fourth-order valence-electron chi connectivity index (χ4n) is 2.73. The lowest BCUT2D eigenvalue weighted by Gasteiger charge is -2.34. The van der Waals surface area contributed by atoms with E-state index in [2.05, 4.69) is 24.1 Å². The van der Waals surface area contributed by atoms with Crippen LogP contribution in [0.15, 0.2) is 36.5 Å². The molecule has 2 amide bonds. The molecule has 7 nitrogen and oxygen atoms in total. The topological polar surface area (TPSA) is 85.9 Å². The van der Waals surface area contributed by atoms with E-state index in [1.807, 2.05) is 24.3 Å². The van der Waals surface area contributed by atoms with Crippen molar-refractivity contribution in [3.05, 3.63) is 42.1 Å². The van der Waals surface area contributed by atoms with Crippen molar-refractivity contribution in [2.45, 2.75) is 25.8 Å². The SMILES string of the molecule is C=C1NC(=O)N[C@@H](c2ccccc2OCCCC)[C@@H]1C(=O)OCCOC. The molecule has 0 aromatic heterocycles. The molecule has 1 fully saturated rings. The van der Waals surface area contributed by atoms with Crippen LogP contribution >= 0.6 is 0 Å². The number of hydrogen-bond donors (Lipinski definition) is 2. The highest BCUT2D eigenvalue weighted by molar-refractivity contribution is 5.85. The minimum Gasteiger partial charge on any atom is -0.493 e. The van der Waals surface area contributed by atoms with E-state index in [4.69, 9.17) is 14.2 Å². The lowest BCUT2D eigenvalue weighted by molar-refractivity contribution is -0.149. The molecule has 0 radical (unpaired) electrons. The van der Waals surface area contributed by atoms with Gasteiger partial charge in [-0.05, 0) is 12.5 Å². The molecule has 0 spiro atoms. The predicted molar refractivity (Wildman–Crippen MR) is 96.7 cm³/mol. The summed E-state index contributed by atoms with van der Waals surface area (Å²) in [5.74, 6) is -0.607. The standard InChI is InChI=1S/C19H26N2O5/c1-4-5-10-25-15-9-7-6-8-14(15)17-16(13(2)20-19(23)21-17)18(22)26-12-11-24-3/h6-9,16-17H,2,4-5,10-12H2,1,3H3,(H2,20,21,23)/t16-,17+/m1/s1. The minimum absolute atomic E-state index is 0.133. The summed E-state index contributed by atoms with van der Waals surface area (Å²) in [6.45, 7) is 6.91. The first-order valence-corrected chi connectivity index (χ1v) is 8.72. The Kier molecular flexibility index (Phi) is 7.47. The monoisotopic (exact) mass is 362 g/mol. The van der Waals surface area contributed by atoms with Gasteiger partial charge in [-0.25, -0.2) is 4.79 Å². The van der Waals surface area contributed by atoms with Gasteiger partial charge in [0.15, 0.2) is 0 Å². The van der Waals surface area contributed by atoms with E-state index < -0.39 is 24.0 Å². The van der Waals surface area contributed by atoms with Crippen LogP contribution in [-0.2, 0) is 14.3 Å². The summed E-state index contributed by atoms with van der Waals surface area (Å²) in [5.41, 5.74) is 1.01. The van der Waals surface area contributed by atoms with Gasteiger partial charge in [-0.2, -0.15) is 0 Å². The molecule has 1 aliphatic rings. The Hall–Kier alpha value is -2.54. The number of para-hydroxylation sites is 1. The van der Waals surface area contributed by atoms with Crippen molar-refractivity contribution in [3.63, 3.8) is 0 Å². The third-order valence-electron chi connectivity index (χ3n) is 4.06. The summed E-state index contributed by atoms with van der Waals surface area (Å²) in [5, 5.41) is 5.35. The lowest BCUT2D eigenvalue weighted by atomic mass is 9.88. The molecule has 0 unspecified atom stereocenters. The highest BCUT2D eigenvalue weighted by Crippen LogP contribution is 2.35. The van der Waals surface area contributed by atoms with Crippen LogP contribution in [0, 0.1) is 5.92 Å². The van der Waals surface area contributed by atoms with Gasteiger partial charge in [-0.3, -0.25) is 4.79 Å². The normalized spacial score (nSPS) is 19.5. The number of nitrogens with one attached hydrogen (secondary N) is 2. The van der Waals surface area contributed by atoms with Crippen LogP contribution in [0.3, 0.4) is 0 Å². The second-order valence-electron chi connectivity index (χ2n) is 5.98. The van der Waals surface area contributed by atoms with Gasteiger partial charge < -0.3 is 24.8 Å². The first-order chi connectivity index (χ1) is 12.6. The number of amides is 2. The first kappa shape index (κ1) is 19.8. The van der Waals surface area contributed by atoms with Crippen LogP contribution in [0.2, 0.25) is 0 Å². The van der Waals surface area contributed by atoms with Crippen LogP contribution in [0.4, 0.5) is 4.79 Å². The number of urea groups is 1. The number of carbonyl (C=O) groups is 2. The summed E-state index contributed by atoms with van der Waals surface area (Å²) in [7, 11) is 1.53. The number of benzene rings is 1. The van der Waals surface area contributed by atoms with E-state index in [-0.39, 0.29) is 6.61 Å². The molecule has 7 heteroatoms. The molecule has 2 rings (SSSR count). The van der Waals surface area contributed by atoms with Crippen LogP contribution in [-0.4, -0.2) is 38.9 Å².